The van der Waals surface area contributed by atoms with Gasteiger partial charge in [0.05, 0.1) is 25.4 Å². The zero-order chi connectivity index (χ0) is 14.1. The van der Waals surface area contributed by atoms with Crippen LogP contribution in [0.25, 0.3) is 0 Å². The number of unbranched alkanes of at least 4 members (excludes halogenated alkanes) is 1. The van der Waals surface area contributed by atoms with E-state index in [1.165, 1.54) is 0 Å². The Morgan fingerprint density at radius 1 is 1.26 bits per heavy atom. The molecule has 19 heavy (non-hydrogen) atoms. The van der Waals surface area contributed by atoms with E-state index < -0.39 is 0 Å². The molecule has 2 unspecified atom stereocenters. The molecule has 1 amide bonds. The van der Waals surface area contributed by atoms with Crippen LogP contribution < -0.4 is 5.32 Å². The van der Waals surface area contributed by atoms with Gasteiger partial charge in [0, 0.05) is 20.3 Å². The molecule has 1 N–H and O–H groups in total. The lowest BCUT2D eigenvalue weighted by atomic mass is 10.1. The van der Waals surface area contributed by atoms with Gasteiger partial charge >= 0.3 is 0 Å². The number of nitrogens with zero attached hydrogens (tertiary/aromatic N) is 1. The van der Waals surface area contributed by atoms with Crippen LogP contribution in [0.3, 0.4) is 0 Å². The molecule has 5 heteroatoms. The number of ether oxygens (including phenoxy) is 2. The maximum Gasteiger partial charge on any atom is 0.241 e. The molecule has 2 atom stereocenters. The molecule has 0 aromatic heterocycles. The molecule has 1 aliphatic rings. The Hall–Kier alpha value is -0.650. The van der Waals surface area contributed by atoms with Crippen LogP contribution in [0.5, 0.6) is 0 Å². The summed E-state index contributed by atoms with van der Waals surface area (Å²) in [4.78, 5) is 14.1. The third kappa shape index (κ3) is 5.47. The van der Waals surface area contributed by atoms with Crippen LogP contribution in [0.2, 0.25) is 0 Å². The summed E-state index contributed by atoms with van der Waals surface area (Å²) in [6.07, 6.45) is 4.20. The highest BCUT2D eigenvalue weighted by atomic mass is 16.5. The quantitative estimate of drug-likeness (QED) is 0.610. The monoisotopic (exact) mass is 272 g/mol. The van der Waals surface area contributed by atoms with E-state index in [1.807, 2.05) is 4.90 Å². The van der Waals surface area contributed by atoms with Crippen molar-refractivity contribution >= 4 is 5.91 Å². The van der Waals surface area contributed by atoms with Gasteiger partial charge in [-0.05, 0) is 19.8 Å². The molecule has 0 aromatic rings. The highest BCUT2D eigenvalue weighted by Gasteiger charge is 2.35. The fraction of sp³-hybridized carbons (Fsp3) is 0.929. The second kappa shape index (κ2) is 9.28. The normalized spacial score (nSPS) is 23.3. The van der Waals surface area contributed by atoms with Crippen LogP contribution in [0, 0.1) is 0 Å². The van der Waals surface area contributed by atoms with Crippen molar-refractivity contribution in [3.63, 3.8) is 0 Å². The average Bonchev–Trinajstić information content (AvgIpc) is 2.67. The number of amides is 1. The minimum absolute atomic E-state index is 0.0179. The van der Waals surface area contributed by atoms with Gasteiger partial charge in [0.2, 0.25) is 5.91 Å². The largest absolute Gasteiger partial charge is 0.382 e. The van der Waals surface area contributed by atoms with Crippen molar-refractivity contribution in [1.29, 1.82) is 0 Å². The number of rotatable bonds is 10. The van der Waals surface area contributed by atoms with Gasteiger partial charge in [-0.3, -0.25) is 10.1 Å². The van der Waals surface area contributed by atoms with Crippen molar-refractivity contribution < 1.29 is 14.3 Å². The summed E-state index contributed by atoms with van der Waals surface area (Å²) >= 11 is 0. The minimum Gasteiger partial charge on any atom is -0.382 e. The zero-order valence-electron chi connectivity index (χ0n) is 12.5. The Morgan fingerprint density at radius 2 is 2.05 bits per heavy atom. The first-order chi connectivity index (χ1) is 9.20. The lowest BCUT2D eigenvalue weighted by Gasteiger charge is -2.20. The van der Waals surface area contributed by atoms with Crippen molar-refractivity contribution in [2.75, 3.05) is 33.5 Å². The van der Waals surface area contributed by atoms with E-state index >= 15 is 0 Å². The number of hydrogen-bond acceptors (Lipinski definition) is 4. The summed E-state index contributed by atoms with van der Waals surface area (Å²) in [5.41, 5.74) is 0. The topological polar surface area (TPSA) is 50.8 Å². The smallest absolute Gasteiger partial charge is 0.241 e. The third-order valence-corrected chi connectivity index (χ3v) is 3.46. The molecular weight excluding hydrogens is 244 g/mol. The highest BCUT2D eigenvalue weighted by Crippen LogP contribution is 2.15. The van der Waals surface area contributed by atoms with Gasteiger partial charge in [-0.25, -0.2) is 0 Å². The SMILES string of the molecule is CCCCC1NC(C)N(CCCOCCOC)C1=O. The Kier molecular flexibility index (Phi) is 8.02. The molecular formula is C14H28N2O3. The van der Waals surface area contributed by atoms with Gasteiger partial charge in [-0.15, -0.1) is 0 Å². The molecule has 0 bridgehead atoms. The first kappa shape index (κ1) is 16.4. The minimum atomic E-state index is 0.0179. The molecule has 1 heterocycles. The maximum atomic E-state index is 12.2. The van der Waals surface area contributed by atoms with Gasteiger partial charge in [-0.1, -0.05) is 19.8 Å². The number of carbonyl (C=O) groups excluding carboxylic acids is 1. The second-order valence-corrected chi connectivity index (χ2v) is 5.03. The van der Waals surface area contributed by atoms with Crippen molar-refractivity contribution in [3.8, 4) is 0 Å². The number of hydrogen-bond donors (Lipinski definition) is 1. The Morgan fingerprint density at radius 3 is 2.74 bits per heavy atom. The molecule has 1 saturated heterocycles. The summed E-state index contributed by atoms with van der Waals surface area (Å²) < 4.78 is 10.3. The summed E-state index contributed by atoms with van der Waals surface area (Å²) in [5, 5.41) is 3.37. The zero-order valence-corrected chi connectivity index (χ0v) is 12.5. The van der Waals surface area contributed by atoms with E-state index in [-0.39, 0.29) is 18.1 Å². The van der Waals surface area contributed by atoms with E-state index in [4.69, 9.17) is 9.47 Å². The Bertz CT molecular complexity index is 261. The predicted octanol–water partition coefficient (Wildman–Crippen LogP) is 1.38. The van der Waals surface area contributed by atoms with Crippen LogP contribution in [-0.2, 0) is 14.3 Å². The maximum absolute atomic E-state index is 12.2. The number of nitrogens with one attached hydrogen (secondary N) is 1. The lowest BCUT2D eigenvalue weighted by Crippen LogP contribution is -2.35. The summed E-state index contributed by atoms with van der Waals surface area (Å²) in [6.45, 7) is 6.90. The molecule has 112 valence electrons. The summed E-state index contributed by atoms with van der Waals surface area (Å²) in [7, 11) is 1.66. The van der Waals surface area contributed by atoms with E-state index in [0.717, 1.165) is 32.2 Å². The van der Waals surface area contributed by atoms with Crippen LogP contribution >= 0.6 is 0 Å². The van der Waals surface area contributed by atoms with Crippen LogP contribution in [-0.4, -0.2) is 56.5 Å². The first-order valence-corrected chi connectivity index (χ1v) is 7.34. The first-order valence-electron chi connectivity index (χ1n) is 7.34. The lowest BCUT2D eigenvalue weighted by molar-refractivity contribution is -0.130. The highest BCUT2D eigenvalue weighted by molar-refractivity contribution is 5.84. The number of methoxy groups -OCH3 is 1. The van der Waals surface area contributed by atoms with Crippen molar-refractivity contribution in [2.45, 2.75) is 51.7 Å². The van der Waals surface area contributed by atoms with Crippen LogP contribution in [0.4, 0.5) is 0 Å². The van der Waals surface area contributed by atoms with E-state index in [2.05, 4.69) is 19.2 Å². The van der Waals surface area contributed by atoms with Gasteiger partial charge in [-0.2, -0.15) is 0 Å². The number of carbonyl (C=O) groups is 1. The van der Waals surface area contributed by atoms with E-state index in [9.17, 15) is 4.79 Å². The van der Waals surface area contributed by atoms with Crippen molar-refractivity contribution in [1.82, 2.24) is 10.2 Å². The Balaban J connectivity index is 2.20. The van der Waals surface area contributed by atoms with Crippen LogP contribution in [0.15, 0.2) is 0 Å². The third-order valence-electron chi connectivity index (χ3n) is 3.46. The molecule has 0 spiro atoms. The fourth-order valence-electron chi connectivity index (χ4n) is 2.34. The molecule has 0 radical (unpaired) electrons. The molecule has 1 rings (SSSR count). The molecule has 0 saturated carbocycles. The van der Waals surface area contributed by atoms with Crippen molar-refractivity contribution in [2.24, 2.45) is 0 Å². The Labute approximate surface area is 116 Å². The van der Waals surface area contributed by atoms with Gasteiger partial charge < -0.3 is 14.4 Å². The predicted molar refractivity (Wildman–Crippen MR) is 74.9 cm³/mol. The molecule has 1 aliphatic heterocycles. The summed E-state index contributed by atoms with van der Waals surface area (Å²) in [5.74, 6) is 0.248. The fourth-order valence-corrected chi connectivity index (χ4v) is 2.34. The standard InChI is InChI=1S/C14H28N2O3/c1-4-5-7-13-14(17)16(12(2)15-13)8-6-9-19-11-10-18-3/h12-13,15H,4-11H2,1-3H3. The van der Waals surface area contributed by atoms with E-state index in [0.29, 0.717) is 19.8 Å². The second-order valence-electron chi connectivity index (χ2n) is 5.03. The average molecular weight is 272 g/mol. The van der Waals surface area contributed by atoms with Gasteiger partial charge in [0.1, 0.15) is 0 Å². The molecule has 5 nitrogen and oxygen atoms in total. The summed E-state index contributed by atoms with van der Waals surface area (Å²) in [6, 6.07) is 0.0179. The molecule has 0 aromatic carbocycles. The van der Waals surface area contributed by atoms with Crippen molar-refractivity contribution in [3.05, 3.63) is 0 Å². The molecule has 0 aliphatic carbocycles. The molecule has 1 fully saturated rings. The van der Waals surface area contributed by atoms with E-state index in [1.54, 1.807) is 7.11 Å². The van der Waals surface area contributed by atoms with Gasteiger partial charge in [0.25, 0.3) is 0 Å². The van der Waals surface area contributed by atoms with Crippen LogP contribution in [0.1, 0.15) is 39.5 Å². The van der Waals surface area contributed by atoms with Gasteiger partial charge in [0.15, 0.2) is 0 Å².